The number of carbonyl (C=O) groups excluding carboxylic acids is 1. The van der Waals surface area contributed by atoms with Crippen LogP contribution >= 0.6 is 11.6 Å². The van der Waals surface area contributed by atoms with E-state index in [-0.39, 0.29) is 19.1 Å². The maximum absolute atomic E-state index is 12.2. The first-order valence-corrected chi connectivity index (χ1v) is 7.54. The van der Waals surface area contributed by atoms with Crippen LogP contribution in [0.2, 0.25) is 5.02 Å². The Hall–Kier alpha value is -2.93. The number of pyridine rings is 1. The van der Waals surface area contributed by atoms with Crippen molar-refractivity contribution in [2.24, 2.45) is 0 Å². The number of carbonyl (C=O) groups is 1. The topological polar surface area (TPSA) is 81.4 Å². The molecule has 1 aromatic carbocycles. The van der Waals surface area contributed by atoms with E-state index in [1.807, 2.05) is 0 Å². The molecule has 1 amide bonds. The lowest BCUT2D eigenvalue weighted by Crippen LogP contribution is -2.38. The lowest BCUT2D eigenvalue weighted by Gasteiger charge is -2.28. The first-order chi connectivity index (χ1) is 11.7. The van der Waals surface area contributed by atoms with Gasteiger partial charge in [0.25, 0.3) is 5.91 Å². The van der Waals surface area contributed by atoms with E-state index < -0.39 is 0 Å². The highest BCUT2D eigenvalue weighted by atomic mass is 35.5. The van der Waals surface area contributed by atoms with Gasteiger partial charge in [-0.2, -0.15) is 4.98 Å². The summed E-state index contributed by atoms with van der Waals surface area (Å²) in [7, 11) is 0. The van der Waals surface area contributed by atoms with Crippen molar-refractivity contribution >= 4 is 23.2 Å². The summed E-state index contributed by atoms with van der Waals surface area (Å²) in [4.78, 5) is 22.0. The van der Waals surface area contributed by atoms with Crippen molar-refractivity contribution in [2.75, 3.05) is 11.5 Å². The average molecular weight is 343 g/mol. The Morgan fingerprint density at radius 1 is 1.21 bits per heavy atom. The van der Waals surface area contributed by atoms with Crippen LogP contribution in [0.3, 0.4) is 0 Å². The van der Waals surface area contributed by atoms with Crippen LogP contribution in [0.15, 0.2) is 47.2 Å². The van der Waals surface area contributed by atoms with Gasteiger partial charge in [0.15, 0.2) is 6.61 Å². The monoisotopic (exact) mass is 342 g/mol. The zero-order valence-electron chi connectivity index (χ0n) is 12.3. The Balaban J connectivity index is 1.62. The zero-order valence-corrected chi connectivity index (χ0v) is 13.1. The minimum atomic E-state index is -0.187. The molecule has 0 saturated heterocycles. The maximum Gasteiger partial charge on any atom is 0.265 e. The fourth-order valence-corrected chi connectivity index (χ4v) is 2.59. The van der Waals surface area contributed by atoms with Crippen molar-refractivity contribution in [3.8, 4) is 17.1 Å². The van der Waals surface area contributed by atoms with E-state index in [2.05, 4.69) is 15.1 Å². The Labute approximate surface area is 141 Å². The molecule has 1 aliphatic rings. The number of hydrogen-bond acceptors (Lipinski definition) is 6. The summed E-state index contributed by atoms with van der Waals surface area (Å²) in [6.45, 7) is 0.105. The standard InChI is InChI=1S/C16H11ClN4O3/c17-11-1-2-12-13(7-11)23-9-15(22)21(12)8-14-19-16(20-24-14)10-3-5-18-6-4-10/h1-7H,8-9H2. The van der Waals surface area contributed by atoms with Crippen LogP contribution in [0.4, 0.5) is 5.69 Å². The summed E-state index contributed by atoms with van der Waals surface area (Å²) < 4.78 is 10.7. The fraction of sp³-hybridized carbons (Fsp3) is 0.125. The molecule has 3 heterocycles. The normalized spacial score (nSPS) is 13.5. The fourth-order valence-electron chi connectivity index (χ4n) is 2.42. The third-order valence-electron chi connectivity index (χ3n) is 3.56. The predicted molar refractivity (Wildman–Crippen MR) is 85.7 cm³/mol. The van der Waals surface area contributed by atoms with Crippen LogP contribution in [0.1, 0.15) is 5.89 Å². The molecule has 0 atom stereocenters. The number of nitrogens with zero attached hydrogens (tertiary/aromatic N) is 4. The average Bonchev–Trinajstić information content (AvgIpc) is 3.07. The van der Waals surface area contributed by atoms with E-state index >= 15 is 0 Å². The zero-order chi connectivity index (χ0) is 16.5. The lowest BCUT2D eigenvalue weighted by atomic mass is 10.2. The molecule has 0 fully saturated rings. The second kappa shape index (κ2) is 5.93. The summed E-state index contributed by atoms with van der Waals surface area (Å²) >= 11 is 5.96. The number of hydrogen-bond donors (Lipinski definition) is 0. The van der Waals surface area contributed by atoms with E-state index in [4.69, 9.17) is 20.9 Å². The minimum absolute atomic E-state index is 0.0569. The number of ether oxygens (including phenoxy) is 1. The molecule has 8 heteroatoms. The first-order valence-electron chi connectivity index (χ1n) is 7.16. The van der Waals surface area contributed by atoms with Crippen molar-refractivity contribution in [1.29, 1.82) is 0 Å². The van der Waals surface area contributed by atoms with Gasteiger partial charge in [-0.05, 0) is 24.3 Å². The molecule has 120 valence electrons. The summed E-state index contributed by atoms with van der Waals surface area (Å²) in [5, 5.41) is 4.49. The van der Waals surface area contributed by atoms with Crippen LogP contribution in [0.5, 0.6) is 5.75 Å². The van der Waals surface area contributed by atoms with E-state index in [1.165, 1.54) is 0 Å². The quantitative estimate of drug-likeness (QED) is 0.728. The number of anilines is 1. The van der Waals surface area contributed by atoms with E-state index in [9.17, 15) is 4.79 Å². The number of fused-ring (bicyclic) bond motifs is 1. The largest absolute Gasteiger partial charge is 0.482 e. The second-order valence-electron chi connectivity index (χ2n) is 5.13. The van der Waals surface area contributed by atoms with Gasteiger partial charge in [-0.15, -0.1) is 0 Å². The number of amides is 1. The molecule has 0 N–H and O–H groups in total. The lowest BCUT2D eigenvalue weighted by molar-refractivity contribution is -0.121. The Kier molecular flexibility index (Phi) is 3.62. The molecule has 4 rings (SSSR count). The highest BCUT2D eigenvalue weighted by Crippen LogP contribution is 2.35. The van der Waals surface area contributed by atoms with Crippen molar-refractivity contribution < 1.29 is 14.1 Å². The molecule has 2 aromatic heterocycles. The molecule has 24 heavy (non-hydrogen) atoms. The van der Waals surface area contributed by atoms with Gasteiger partial charge in [-0.25, -0.2) is 0 Å². The molecule has 0 saturated carbocycles. The van der Waals surface area contributed by atoms with Crippen LogP contribution in [-0.4, -0.2) is 27.6 Å². The number of aromatic nitrogens is 3. The van der Waals surface area contributed by atoms with Crippen LogP contribution < -0.4 is 9.64 Å². The van der Waals surface area contributed by atoms with Gasteiger partial charge in [-0.3, -0.25) is 14.7 Å². The second-order valence-corrected chi connectivity index (χ2v) is 5.56. The molecule has 7 nitrogen and oxygen atoms in total. The van der Waals surface area contributed by atoms with Gasteiger partial charge in [0.2, 0.25) is 11.7 Å². The van der Waals surface area contributed by atoms with Crippen molar-refractivity contribution in [3.63, 3.8) is 0 Å². The third kappa shape index (κ3) is 2.69. The maximum atomic E-state index is 12.2. The van der Waals surface area contributed by atoms with Crippen molar-refractivity contribution in [1.82, 2.24) is 15.1 Å². The molecule has 0 spiro atoms. The Morgan fingerprint density at radius 2 is 2.04 bits per heavy atom. The van der Waals surface area contributed by atoms with Crippen molar-refractivity contribution in [3.05, 3.63) is 53.6 Å². The molecule has 3 aromatic rings. The van der Waals surface area contributed by atoms with Crippen LogP contribution in [0, 0.1) is 0 Å². The summed E-state index contributed by atoms with van der Waals surface area (Å²) in [5.41, 5.74) is 1.42. The summed E-state index contributed by atoms with van der Waals surface area (Å²) in [6, 6.07) is 8.67. The van der Waals surface area contributed by atoms with Gasteiger partial charge in [0.05, 0.1) is 5.69 Å². The minimum Gasteiger partial charge on any atom is -0.482 e. The first kappa shape index (κ1) is 14.6. The van der Waals surface area contributed by atoms with Gasteiger partial charge < -0.3 is 9.26 Å². The number of halogens is 1. The molecule has 0 bridgehead atoms. The summed E-state index contributed by atoms with van der Waals surface area (Å²) in [5.74, 6) is 1.15. The molecular weight excluding hydrogens is 332 g/mol. The van der Waals surface area contributed by atoms with Crippen LogP contribution in [-0.2, 0) is 11.3 Å². The number of rotatable bonds is 3. The number of benzene rings is 1. The smallest absolute Gasteiger partial charge is 0.265 e. The highest BCUT2D eigenvalue weighted by molar-refractivity contribution is 6.30. The van der Waals surface area contributed by atoms with Gasteiger partial charge in [0, 0.05) is 29.0 Å². The van der Waals surface area contributed by atoms with E-state index in [1.54, 1.807) is 47.6 Å². The predicted octanol–water partition coefficient (Wildman–Crippen LogP) is 2.71. The molecule has 0 aliphatic carbocycles. The van der Waals surface area contributed by atoms with E-state index in [0.717, 1.165) is 5.56 Å². The Morgan fingerprint density at radius 3 is 2.88 bits per heavy atom. The van der Waals surface area contributed by atoms with Gasteiger partial charge in [0.1, 0.15) is 12.3 Å². The van der Waals surface area contributed by atoms with Crippen LogP contribution in [0.25, 0.3) is 11.4 Å². The van der Waals surface area contributed by atoms with Gasteiger partial charge >= 0.3 is 0 Å². The van der Waals surface area contributed by atoms with Gasteiger partial charge in [-0.1, -0.05) is 16.8 Å². The molecule has 0 radical (unpaired) electrons. The SMILES string of the molecule is O=C1COc2cc(Cl)ccc2N1Cc1nc(-c2ccncc2)no1. The molecular formula is C16H11ClN4O3. The van der Waals surface area contributed by atoms with E-state index in [0.29, 0.717) is 28.2 Å². The summed E-state index contributed by atoms with van der Waals surface area (Å²) in [6.07, 6.45) is 3.30. The molecule has 0 unspecified atom stereocenters. The highest BCUT2D eigenvalue weighted by Gasteiger charge is 2.27. The molecule has 1 aliphatic heterocycles. The van der Waals surface area contributed by atoms with Crippen molar-refractivity contribution in [2.45, 2.75) is 6.54 Å². The third-order valence-corrected chi connectivity index (χ3v) is 3.80. The Bertz CT molecular complexity index is 897.